The summed E-state index contributed by atoms with van der Waals surface area (Å²) >= 11 is 0. The molecule has 5 fully saturated rings. The van der Waals surface area contributed by atoms with Crippen molar-refractivity contribution in [3.05, 3.63) is 47.0 Å². The highest BCUT2D eigenvalue weighted by molar-refractivity contribution is 5.86. The van der Waals surface area contributed by atoms with Gasteiger partial charge in [0.1, 0.15) is 18.0 Å². The van der Waals surface area contributed by atoms with Gasteiger partial charge in [-0.3, -0.25) is 0 Å². The zero-order valence-corrected chi connectivity index (χ0v) is 29.9. The van der Waals surface area contributed by atoms with Crippen molar-refractivity contribution < 1.29 is 34.8 Å². The lowest BCUT2D eigenvalue weighted by molar-refractivity contribution is -0.334. The summed E-state index contributed by atoms with van der Waals surface area (Å²) < 4.78 is 6.17. The van der Waals surface area contributed by atoms with Gasteiger partial charge in [0.2, 0.25) is 0 Å². The van der Waals surface area contributed by atoms with Crippen LogP contribution in [-0.2, 0) is 20.7 Å². The molecule has 50 heavy (non-hydrogen) atoms. The zero-order chi connectivity index (χ0) is 35.3. The molecular formula is C42H55NO7. The first-order valence-corrected chi connectivity index (χ1v) is 19.3. The fraction of sp³-hybridized carbons (Fsp3) is 0.714. The predicted molar refractivity (Wildman–Crippen MR) is 187 cm³/mol. The molecule has 0 saturated heterocycles. The van der Waals surface area contributed by atoms with Gasteiger partial charge in [-0.05, 0) is 112 Å². The third-order valence-electron chi connectivity index (χ3n) is 15.5. The SMILES string of the molecule is CN[C@H]1Cc2ccccc2C#CCC[C@]23CC[C@H]4[C@@](O)(C[C@@H](CCC(C)C)[C@]5(O)C[C@@H](O)CC[C@]45C=O)[C@@]2(O)C[C@@H]2C[C@@H]1[C@@H]1OC(=O)C=C1[C@@H]23. The van der Waals surface area contributed by atoms with Crippen LogP contribution in [0.15, 0.2) is 35.9 Å². The molecule has 270 valence electrons. The van der Waals surface area contributed by atoms with Crippen LogP contribution in [0.3, 0.4) is 0 Å². The van der Waals surface area contributed by atoms with E-state index in [0.29, 0.717) is 50.9 Å². The number of aldehydes is 1. The summed E-state index contributed by atoms with van der Waals surface area (Å²) in [5.41, 5.74) is -3.73. The summed E-state index contributed by atoms with van der Waals surface area (Å²) in [5.74, 6) is 5.55. The van der Waals surface area contributed by atoms with E-state index >= 15 is 0 Å². The summed E-state index contributed by atoms with van der Waals surface area (Å²) in [4.78, 5) is 26.8. The molecule has 1 aromatic carbocycles. The van der Waals surface area contributed by atoms with E-state index in [1.54, 1.807) is 6.08 Å². The van der Waals surface area contributed by atoms with Crippen LogP contribution in [0.2, 0.25) is 0 Å². The summed E-state index contributed by atoms with van der Waals surface area (Å²) in [5, 5.41) is 54.6. The molecule has 8 heteroatoms. The van der Waals surface area contributed by atoms with Gasteiger partial charge in [0.15, 0.2) is 0 Å². The Hall–Kier alpha value is -2.54. The average Bonchev–Trinajstić information content (AvgIpc) is 3.59. The van der Waals surface area contributed by atoms with E-state index in [1.165, 1.54) is 0 Å². The molecule has 7 aliphatic carbocycles. The quantitative estimate of drug-likeness (QED) is 0.177. The lowest BCUT2D eigenvalue weighted by Gasteiger charge is -2.71. The van der Waals surface area contributed by atoms with Crippen LogP contribution in [0.1, 0.15) is 102 Å². The highest BCUT2D eigenvalue weighted by Gasteiger charge is 2.81. The fourth-order valence-corrected chi connectivity index (χ4v) is 13.4. The molecule has 5 N–H and O–H groups in total. The van der Waals surface area contributed by atoms with Crippen molar-refractivity contribution in [1.29, 1.82) is 0 Å². The molecule has 0 aromatic heterocycles. The largest absolute Gasteiger partial charge is 0.454 e. The molecule has 4 bridgehead atoms. The number of esters is 1. The van der Waals surface area contributed by atoms with E-state index in [9.17, 15) is 30.0 Å². The minimum Gasteiger partial charge on any atom is -0.454 e. The van der Waals surface area contributed by atoms with Crippen LogP contribution in [0.25, 0.3) is 0 Å². The van der Waals surface area contributed by atoms with E-state index in [1.807, 2.05) is 19.2 Å². The molecule has 1 aromatic rings. The Labute approximate surface area is 296 Å². The number of aliphatic hydroxyl groups excluding tert-OH is 1. The maximum Gasteiger partial charge on any atom is 0.331 e. The van der Waals surface area contributed by atoms with Crippen molar-refractivity contribution in [3.8, 4) is 11.8 Å². The van der Waals surface area contributed by atoms with Gasteiger partial charge < -0.3 is 35.3 Å². The van der Waals surface area contributed by atoms with Gasteiger partial charge in [0.05, 0.1) is 22.7 Å². The molecule has 13 atom stereocenters. The number of carbonyl (C=O) groups excluding carboxylic acids is 2. The number of rotatable bonds is 5. The maximum absolute atomic E-state index is 13.8. The molecule has 0 unspecified atom stereocenters. The third-order valence-corrected chi connectivity index (χ3v) is 15.5. The molecule has 9 rings (SSSR count). The van der Waals surface area contributed by atoms with Crippen LogP contribution in [0.4, 0.5) is 0 Å². The highest BCUT2D eigenvalue weighted by Crippen LogP contribution is 2.76. The van der Waals surface area contributed by atoms with Crippen LogP contribution in [0, 0.1) is 58.2 Å². The molecule has 1 aliphatic heterocycles. The first-order valence-electron chi connectivity index (χ1n) is 19.3. The van der Waals surface area contributed by atoms with Crippen molar-refractivity contribution in [3.63, 3.8) is 0 Å². The summed E-state index contributed by atoms with van der Waals surface area (Å²) in [6.07, 6.45) is 7.62. The topological polar surface area (TPSA) is 136 Å². The van der Waals surface area contributed by atoms with Crippen LogP contribution >= 0.6 is 0 Å². The minimum absolute atomic E-state index is 0.0138. The lowest BCUT2D eigenvalue weighted by Crippen LogP contribution is -2.79. The number of ether oxygens (including phenoxy) is 1. The number of aliphatic hydroxyl groups is 4. The number of hydrogen-bond donors (Lipinski definition) is 5. The van der Waals surface area contributed by atoms with Crippen LogP contribution < -0.4 is 5.32 Å². The number of fused-ring (bicyclic) bond motifs is 7. The van der Waals surface area contributed by atoms with E-state index in [-0.39, 0.29) is 49.0 Å². The standard InChI is InChI=1S/C42H55NO7/c1-25(2)11-12-29-22-41(48)34(39(24-44)16-13-30(45)23-40(29,39)47)14-17-38-15-7-6-9-26-8-4-5-10-27(26)19-33(43-3)31-18-28(21-42(38,41)49)36(38)32-20-35(46)50-37(31)32/h4-5,8,10,20,24-25,28-31,33-34,36-37,43,45,47-49H,7,11-19,21-23H2,1-3H3/t28-,29+,30-,31-,33-,34+,36+,37-,38+,39-,40+,41-,42+/m0/s1. The first kappa shape index (κ1) is 34.5. The van der Waals surface area contributed by atoms with Crippen molar-refractivity contribution in [1.82, 2.24) is 5.32 Å². The normalized spacial score (nSPS) is 47.4. The molecule has 0 amide bonds. The van der Waals surface area contributed by atoms with E-state index in [2.05, 4.69) is 43.1 Å². The van der Waals surface area contributed by atoms with Crippen molar-refractivity contribution >= 4 is 12.3 Å². The average molecular weight is 686 g/mol. The third kappa shape index (κ3) is 4.55. The molecule has 5 saturated carbocycles. The molecular weight excluding hydrogens is 630 g/mol. The molecule has 1 heterocycles. The van der Waals surface area contributed by atoms with Gasteiger partial charge in [-0.25, -0.2) is 4.79 Å². The second kappa shape index (κ2) is 12.0. The van der Waals surface area contributed by atoms with E-state index in [4.69, 9.17) is 4.74 Å². The lowest BCUT2D eigenvalue weighted by atomic mass is 9.37. The first-order chi connectivity index (χ1) is 23.9. The molecule has 0 radical (unpaired) electrons. The summed E-state index contributed by atoms with van der Waals surface area (Å²) in [6.45, 7) is 4.26. The van der Waals surface area contributed by atoms with Crippen molar-refractivity contribution in [2.24, 2.45) is 46.3 Å². The van der Waals surface area contributed by atoms with E-state index in [0.717, 1.165) is 42.2 Å². The van der Waals surface area contributed by atoms with Crippen LogP contribution in [-0.4, -0.2) is 74.8 Å². The number of nitrogens with one attached hydrogen (secondary N) is 1. The maximum atomic E-state index is 13.8. The van der Waals surface area contributed by atoms with Gasteiger partial charge in [-0.2, -0.15) is 0 Å². The molecule has 1 spiro atoms. The second-order valence-corrected chi connectivity index (χ2v) is 17.8. The second-order valence-electron chi connectivity index (χ2n) is 17.8. The monoisotopic (exact) mass is 685 g/mol. The van der Waals surface area contributed by atoms with Gasteiger partial charge in [0, 0.05) is 47.8 Å². The Balaban J connectivity index is 1.30. The Kier molecular flexibility index (Phi) is 8.29. The van der Waals surface area contributed by atoms with Gasteiger partial charge >= 0.3 is 5.97 Å². The summed E-state index contributed by atoms with van der Waals surface area (Å²) in [7, 11) is 1.96. The van der Waals surface area contributed by atoms with E-state index < -0.39 is 51.7 Å². The fourth-order valence-electron chi connectivity index (χ4n) is 13.4. The number of likely N-dealkylation sites (N-methyl/N-ethyl adjacent to an activating group) is 1. The number of carbonyl (C=O) groups is 2. The van der Waals surface area contributed by atoms with Gasteiger partial charge in [-0.15, -0.1) is 0 Å². The predicted octanol–water partition coefficient (Wildman–Crippen LogP) is 4.25. The van der Waals surface area contributed by atoms with Crippen molar-refractivity contribution in [2.75, 3.05) is 7.05 Å². The summed E-state index contributed by atoms with van der Waals surface area (Å²) in [6, 6.07) is 8.23. The van der Waals surface area contributed by atoms with Crippen LogP contribution in [0.5, 0.6) is 0 Å². The number of benzene rings is 1. The molecule has 8 nitrogen and oxygen atoms in total. The van der Waals surface area contributed by atoms with Gasteiger partial charge in [-0.1, -0.05) is 50.3 Å². The number of hydrogen-bond acceptors (Lipinski definition) is 8. The van der Waals surface area contributed by atoms with Crippen molar-refractivity contribution in [2.45, 2.75) is 132 Å². The Morgan fingerprint density at radius 2 is 1.86 bits per heavy atom. The smallest absolute Gasteiger partial charge is 0.331 e. The van der Waals surface area contributed by atoms with Gasteiger partial charge in [0.25, 0.3) is 0 Å². The molecule has 8 aliphatic rings. The minimum atomic E-state index is -1.66. The Morgan fingerprint density at radius 1 is 1.06 bits per heavy atom. The Morgan fingerprint density at radius 3 is 2.62 bits per heavy atom. The highest BCUT2D eigenvalue weighted by atomic mass is 16.5. The zero-order valence-electron chi connectivity index (χ0n) is 29.9. The Bertz CT molecular complexity index is 1650.